The van der Waals surface area contributed by atoms with Gasteiger partial charge in [-0.3, -0.25) is 14.1 Å². The summed E-state index contributed by atoms with van der Waals surface area (Å²) in [4.78, 5) is 31.1. The molecule has 0 spiro atoms. The molecule has 194 valence electrons. The molecule has 2 aliphatic rings. The second-order valence-electron chi connectivity index (χ2n) is 9.56. The molecule has 2 heterocycles. The van der Waals surface area contributed by atoms with Gasteiger partial charge in [-0.05, 0) is 55.6 Å². The molecule has 6 N–H and O–H groups in total. The first-order valence-electron chi connectivity index (χ1n) is 12.0. The number of carboxylic acids is 1. The van der Waals surface area contributed by atoms with Gasteiger partial charge in [-0.1, -0.05) is 26.0 Å². The van der Waals surface area contributed by atoms with Crippen LogP contribution in [0.5, 0.6) is 0 Å². The molecule has 1 aromatic carbocycles. The summed E-state index contributed by atoms with van der Waals surface area (Å²) in [5, 5.41) is 13.1. The minimum absolute atomic E-state index is 0.0916. The number of carbonyl (C=O) groups excluding carboxylic acids is 1. The number of aliphatic imine (C=N–C) groups is 1. The maximum Gasteiger partial charge on any atom is 0.326 e. The van der Waals surface area contributed by atoms with E-state index < -0.39 is 34.9 Å². The SMILES string of the molecule is C[C@@H]1CCN(C(=O)C(CCCN=C(N)N)N(c2cccc3c2NC[C@H](C)C3)[SH](=O)=O)[C@@H](C(=O)O)C1. The first-order valence-corrected chi connectivity index (χ1v) is 13.1. The Morgan fingerprint density at radius 1 is 1.29 bits per heavy atom. The van der Waals surface area contributed by atoms with E-state index in [4.69, 9.17) is 11.5 Å². The highest BCUT2D eigenvalue weighted by molar-refractivity contribution is 7.74. The third-order valence-electron chi connectivity index (χ3n) is 6.69. The van der Waals surface area contributed by atoms with Crippen molar-refractivity contribution in [3.8, 4) is 0 Å². The lowest BCUT2D eigenvalue weighted by molar-refractivity contribution is -0.153. The van der Waals surface area contributed by atoms with E-state index in [2.05, 4.69) is 17.2 Å². The summed E-state index contributed by atoms with van der Waals surface area (Å²) in [5.41, 5.74) is 12.9. The number of carbonyl (C=O) groups is 2. The fourth-order valence-corrected chi connectivity index (χ4v) is 5.70. The number of nitrogens with one attached hydrogen (secondary N) is 1. The Morgan fingerprint density at radius 3 is 2.69 bits per heavy atom. The molecular weight excluding hydrogens is 472 g/mol. The third-order valence-corrected chi connectivity index (χ3v) is 7.54. The molecule has 2 aliphatic heterocycles. The average molecular weight is 509 g/mol. The summed E-state index contributed by atoms with van der Waals surface area (Å²) in [6.45, 7) is 5.22. The van der Waals surface area contributed by atoms with Gasteiger partial charge in [-0.15, -0.1) is 0 Å². The average Bonchev–Trinajstić information content (AvgIpc) is 2.79. The van der Waals surface area contributed by atoms with Crippen LogP contribution in [0.15, 0.2) is 23.2 Å². The number of piperidine rings is 1. The van der Waals surface area contributed by atoms with E-state index in [9.17, 15) is 23.1 Å². The molecule has 1 unspecified atom stereocenters. The number of rotatable bonds is 9. The molecule has 1 aromatic rings. The normalized spacial score (nSPS) is 22.6. The zero-order chi connectivity index (χ0) is 25.7. The molecular formula is C23H36N6O5S. The fraction of sp³-hybridized carbons (Fsp3) is 0.609. The van der Waals surface area contributed by atoms with Gasteiger partial charge in [0.2, 0.25) is 16.8 Å². The van der Waals surface area contributed by atoms with Gasteiger partial charge in [0.25, 0.3) is 0 Å². The Bertz CT molecular complexity index is 1030. The lowest BCUT2D eigenvalue weighted by Gasteiger charge is -2.40. The van der Waals surface area contributed by atoms with Gasteiger partial charge < -0.3 is 26.8 Å². The monoisotopic (exact) mass is 508 g/mol. The van der Waals surface area contributed by atoms with Gasteiger partial charge in [-0.2, -0.15) is 0 Å². The van der Waals surface area contributed by atoms with E-state index in [0.717, 1.165) is 16.3 Å². The number of nitrogens with zero attached hydrogens (tertiary/aromatic N) is 3. The Kier molecular flexibility index (Phi) is 8.82. The van der Waals surface area contributed by atoms with Crippen LogP contribution in [0.3, 0.4) is 0 Å². The second kappa shape index (κ2) is 11.6. The second-order valence-corrected chi connectivity index (χ2v) is 10.5. The largest absolute Gasteiger partial charge is 0.480 e. The number of amides is 1. The lowest BCUT2D eigenvalue weighted by atomic mass is 9.91. The van der Waals surface area contributed by atoms with Crippen LogP contribution in [0, 0.1) is 11.8 Å². The number of aliphatic carboxylic acids is 1. The maximum atomic E-state index is 13.8. The van der Waals surface area contributed by atoms with Crippen LogP contribution in [0.1, 0.15) is 45.1 Å². The van der Waals surface area contributed by atoms with Gasteiger partial charge in [-0.25, -0.2) is 13.2 Å². The number of carboxylic acid groups (broad SMARTS) is 1. The van der Waals surface area contributed by atoms with E-state index >= 15 is 0 Å². The van der Waals surface area contributed by atoms with Crippen molar-refractivity contribution in [3.05, 3.63) is 23.8 Å². The molecule has 35 heavy (non-hydrogen) atoms. The summed E-state index contributed by atoms with van der Waals surface area (Å²) >= 11 is 0. The smallest absolute Gasteiger partial charge is 0.326 e. The van der Waals surface area contributed by atoms with Gasteiger partial charge in [0.05, 0.1) is 11.4 Å². The molecule has 1 amide bonds. The summed E-state index contributed by atoms with van der Waals surface area (Å²) in [6.07, 6.45) is 2.24. The molecule has 1 saturated heterocycles. The van der Waals surface area contributed by atoms with E-state index in [1.54, 1.807) is 12.1 Å². The van der Waals surface area contributed by atoms with Crippen molar-refractivity contribution in [2.75, 3.05) is 29.3 Å². The number of hydrogen-bond donors (Lipinski definition) is 5. The van der Waals surface area contributed by atoms with Crippen LogP contribution in [-0.4, -0.2) is 68.0 Å². The Hall–Kier alpha value is -3.02. The lowest BCUT2D eigenvalue weighted by Crippen LogP contribution is -2.56. The summed E-state index contributed by atoms with van der Waals surface area (Å²) in [5.74, 6) is -1.16. The van der Waals surface area contributed by atoms with Crippen LogP contribution in [0.4, 0.5) is 11.4 Å². The molecule has 1 fully saturated rings. The number of anilines is 2. The first-order chi connectivity index (χ1) is 16.6. The van der Waals surface area contributed by atoms with Crippen LogP contribution in [0.2, 0.25) is 0 Å². The molecule has 3 rings (SSSR count). The number of benzene rings is 1. The van der Waals surface area contributed by atoms with E-state index in [0.29, 0.717) is 43.1 Å². The Balaban J connectivity index is 2.01. The van der Waals surface area contributed by atoms with Crippen LogP contribution in [0.25, 0.3) is 0 Å². The summed E-state index contributed by atoms with van der Waals surface area (Å²) in [7, 11) is -3.22. The maximum absolute atomic E-state index is 13.8. The molecule has 0 bridgehead atoms. The standard InChI is InChI=1S/C23H36N6O5S/c1-14-8-10-28(19(12-14)22(31)32)21(30)18(7-4-9-26-23(24)25)29(35(33)34)17-6-3-5-16-11-15(2)13-27-20(16)17/h3,5-6,14-15,18-19,27,35H,4,7-13H2,1-2H3,(H,31,32)(H4,24,25,26)/t14-,15-,18?,19-/m1/s1. The predicted octanol–water partition coefficient (Wildman–Crippen LogP) is 0.757. The van der Waals surface area contributed by atoms with Gasteiger partial charge in [0, 0.05) is 19.6 Å². The van der Waals surface area contributed by atoms with Crippen molar-refractivity contribution < 1.29 is 23.1 Å². The number of likely N-dealkylation sites (tertiary alicyclic amines) is 1. The van der Waals surface area contributed by atoms with Crippen LogP contribution >= 0.6 is 0 Å². The molecule has 0 aromatic heterocycles. The number of guanidine groups is 1. The molecule has 0 saturated carbocycles. The van der Waals surface area contributed by atoms with E-state index in [1.165, 1.54) is 4.90 Å². The van der Waals surface area contributed by atoms with Gasteiger partial charge >= 0.3 is 5.97 Å². The van der Waals surface area contributed by atoms with Crippen LogP contribution in [-0.2, 0) is 26.9 Å². The zero-order valence-corrected chi connectivity index (χ0v) is 21.1. The van der Waals surface area contributed by atoms with Crippen molar-refractivity contribution in [2.24, 2.45) is 28.3 Å². The Morgan fingerprint density at radius 2 is 2.03 bits per heavy atom. The van der Waals surface area contributed by atoms with Crippen molar-refractivity contribution in [3.63, 3.8) is 0 Å². The highest BCUT2D eigenvalue weighted by Gasteiger charge is 2.40. The van der Waals surface area contributed by atoms with Crippen molar-refractivity contribution >= 4 is 40.1 Å². The molecule has 0 radical (unpaired) electrons. The van der Waals surface area contributed by atoms with Crippen LogP contribution < -0.4 is 21.1 Å². The number of nitrogens with two attached hydrogens (primary N) is 2. The topological polar surface area (TPSA) is 171 Å². The summed E-state index contributed by atoms with van der Waals surface area (Å²) in [6, 6.07) is 3.29. The van der Waals surface area contributed by atoms with Crippen molar-refractivity contribution in [2.45, 2.75) is 58.0 Å². The number of hydrogen-bond acceptors (Lipinski definition) is 6. The zero-order valence-electron chi connectivity index (χ0n) is 20.2. The quantitative estimate of drug-likeness (QED) is 0.141. The summed E-state index contributed by atoms with van der Waals surface area (Å²) < 4.78 is 26.5. The molecule has 0 aliphatic carbocycles. The number of thiol groups is 1. The fourth-order valence-electron chi connectivity index (χ4n) is 4.92. The first kappa shape index (κ1) is 26.6. The molecule has 12 heteroatoms. The minimum atomic E-state index is -3.22. The van der Waals surface area contributed by atoms with Gasteiger partial charge in [0.1, 0.15) is 12.1 Å². The highest BCUT2D eigenvalue weighted by Crippen LogP contribution is 2.37. The third kappa shape index (κ3) is 6.36. The van der Waals surface area contributed by atoms with Crippen molar-refractivity contribution in [1.29, 1.82) is 0 Å². The minimum Gasteiger partial charge on any atom is -0.480 e. The number of fused-ring (bicyclic) bond motifs is 1. The number of para-hydroxylation sites is 1. The predicted molar refractivity (Wildman–Crippen MR) is 136 cm³/mol. The van der Waals surface area contributed by atoms with Crippen molar-refractivity contribution in [1.82, 2.24) is 4.90 Å². The van der Waals surface area contributed by atoms with E-state index in [-0.39, 0.29) is 31.4 Å². The molecule has 11 nitrogen and oxygen atoms in total. The highest BCUT2D eigenvalue weighted by atomic mass is 32.2. The molecule has 4 atom stereocenters. The van der Waals surface area contributed by atoms with E-state index in [1.807, 2.05) is 13.0 Å². The van der Waals surface area contributed by atoms with Gasteiger partial charge in [0.15, 0.2) is 5.96 Å². The Labute approximate surface area is 207 Å².